The molecule has 0 unspecified atom stereocenters. The monoisotopic (exact) mass is 174 g/mol. The Kier molecular flexibility index (Phi) is 3.69. The highest BCUT2D eigenvalue weighted by Crippen LogP contribution is 2.13. The molecule has 0 aliphatic rings. The smallest absolute Gasteiger partial charge is 0.0629 e. The van der Waals surface area contributed by atoms with Gasteiger partial charge in [-0.3, -0.25) is 4.99 Å². The lowest BCUT2D eigenvalue weighted by Gasteiger charge is -2.06. The Hall–Kier alpha value is -1.11. The van der Waals surface area contributed by atoms with Gasteiger partial charge in [-0.2, -0.15) is 0 Å². The molecule has 0 aliphatic heterocycles. The largest absolute Gasteiger partial charge is 0.258 e. The topological polar surface area (TPSA) is 12.4 Å². The van der Waals surface area contributed by atoms with Gasteiger partial charge in [-0.05, 0) is 31.4 Å². The van der Waals surface area contributed by atoms with Crippen molar-refractivity contribution in [2.75, 3.05) is 0 Å². The molecule has 1 rings (SSSR count). The van der Waals surface area contributed by atoms with Crippen molar-refractivity contribution >= 4 is 11.4 Å². The average molecular weight is 174 g/mol. The minimum absolute atomic E-state index is 0.484. The van der Waals surface area contributed by atoms with Crippen molar-refractivity contribution in [3.8, 4) is 0 Å². The van der Waals surface area contributed by atoms with Crippen LogP contribution in [-0.2, 0) is 0 Å². The molecule has 0 fully saturated rings. The first-order valence-electron chi connectivity index (χ1n) is 4.65. The third-order valence-corrected chi connectivity index (χ3v) is 1.95. The first-order chi connectivity index (χ1) is 6.24. The molecule has 0 atom stereocenters. The Labute approximate surface area is 80.5 Å². The SMILES string of the molecule is [CH2]CC(=Nc1ccccc1)C(C)C. The highest BCUT2D eigenvalue weighted by molar-refractivity contribution is 5.88. The van der Waals surface area contributed by atoms with Crippen LogP contribution < -0.4 is 0 Å². The quantitative estimate of drug-likeness (QED) is 0.620. The zero-order valence-electron chi connectivity index (χ0n) is 8.33. The summed E-state index contributed by atoms with van der Waals surface area (Å²) in [4.78, 5) is 4.53. The molecule has 0 spiro atoms. The van der Waals surface area contributed by atoms with E-state index < -0.39 is 0 Å². The van der Waals surface area contributed by atoms with E-state index >= 15 is 0 Å². The van der Waals surface area contributed by atoms with Crippen molar-refractivity contribution in [1.29, 1.82) is 0 Å². The number of hydrogen-bond donors (Lipinski definition) is 0. The molecule has 1 nitrogen and oxygen atoms in total. The van der Waals surface area contributed by atoms with E-state index in [9.17, 15) is 0 Å². The summed E-state index contributed by atoms with van der Waals surface area (Å²) in [6.07, 6.45) is 0.784. The summed E-state index contributed by atoms with van der Waals surface area (Å²) < 4.78 is 0. The maximum Gasteiger partial charge on any atom is 0.0629 e. The van der Waals surface area contributed by atoms with E-state index in [1.807, 2.05) is 30.3 Å². The molecule has 0 aromatic heterocycles. The van der Waals surface area contributed by atoms with Gasteiger partial charge in [0.05, 0.1) is 5.69 Å². The fraction of sp³-hybridized carbons (Fsp3) is 0.333. The standard InChI is InChI=1S/C12H16N/c1-4-12(10(2)3)13-11-8-6-5-7-9-11/h5-10H,1,4H2,2-3H3. The van der Waals surface area contributed by atoms with Crippen LogP contribution in [0.3, 0.4) is 0 Å². The van der Waals surface area contributed by atoms with Crippen molar-refractivity contribution in [2.24, 2.45) is 10.9 Å². The van der Waals surface area contributed by atoms with Crippen LogP contribution in [0.5, 0.6) is 0 Å². The highest BCUT2D eigenvalue weighted by atomic mass is 14.7. The van der Waals surface area contributed by atoms with Gasteiger partial charge in [0, 0.05) is 5.71 Å². The van der Waals surface area contributed by atoms with Crippen LogP contribution in [0.2, 0.25) is 0 Å². The number of para-hydroxylation sites is 1. The van der Waals surface area contributed by atoms with Gasteiger partial charge in [-0.25, -0.2) is 0 Å². The normalized spacial score (nSPS) is 12.2. The van der Waals surface area contributed by atoms with Gasteiger partial charge in [0.25, 0.3) is 0 Å². The molecule has 1 aromatic rings. The minimum atomic E-state index is 0.484. The molecular weight excluding hydrogens is 158 g/mol. The fourth-order valence-electron chi connectivity index (χ4n) is 1.14. The third-order valence-electron chi connectivity index (χ3n) is 1.95. The molecule has 0 saturated carbocycles. The Morgan fingerprint density at radius 2 is 1.92 bits per heavy atom. The van der Waals surface area contributed by atoms with Gasteiger partial charge in [0.2, 0.25) is 0 Å². The second kappa shape index (κ2) is 4.80. The maximum atomic E-state index is 4.53. The predicted octanol–water partition coefficient (Wildman–Crippen LogP) is 3.64. The molecule has 69 valence electrons. The van der Waals surface area contributed by atoms with Crippen molar-refractivity contribution in [3.05, 3.63) is 37.3 Å². The van der Waals surface area contributed by atoms with Gasteiger partial charge < -0.3 is 0 Å². The molecule has 0 amide bonds. The van der Waals surface area contributed by atoms with Gasteiger partial charge in [0.15, 0.2) is 0 Å². The zero-order valence-corrected chi connectivity index (χ0v) is 8.33. The van der Waals surface area contributed by atoms with Crippen LogP contribution >= 0.6 is 0 Å². The molecule has 0 N–H and O–H groups in total. The summed E-state index contributed by atoms with van der Waals surface area (Å²) in [6.45, 7) is 8.16. The van der Waals surface area contributed by atoms with E-state index in [0.29, 0.717) is 5.92 Å². The number of nitrogens with zero attached hydrogens (tertiary/aromatic N) is 1. The third kappa shape index (κ3) is 3.02. The molecule has 1 heteroatoms. The summed E-state index contributed by atoms with van der Waals surface area (Å²) >= 11 is 0. The van der Waals surface area contributed by atoms with Crippen LogP contribution in [0.15, 0.2) is 35.3 Å². The summed E-state index contributed by atoms with van der Waals surface area (Å²) in [6, 6.07) is 10.0. The molecule has 1 aromatic carbocycles. The van der Waals surface area contributed by atoms with Crippen molar-refractivity contribution in [2.45, 2.75) is 20.3 Å². The van der Waals surface area contributed by atoms with E-state index in [4.69, 9.17) is 0 Å². The lowest BCUT2D eigenvalue weighted by molar-refractivity contribution is 0.867. The van der Waals surface area contributed by atoms with Crippen LogP contribution in [0, 0.1) is 12.8 Å². The first-order valence-corrected chi connectivity index (χ1v) is 4.65. The van der Waals surface area contributed by atoms with Crippen molar-refractivity contribution in [1.82, 2.24) is 0 Å². The lowest BCUT2D eigenvalue weighted by atomic mass is 10.1. The van der Waals surface area contributed by atoms with E-state index in [1.165, 1.54) is 0 Å². The minimum Gasteiger partial charge on any atom is -0.258 e. The van der Waals surface area contributed by atoms with E-state index in [0.717, 1.165) is 17.8 Å². The number of aliphatic imine (C=N–C) groups is 1. The molecular formula is C12H16N. The Morgan fingerprint density at radius 3 is 2.38 bits per heavy atom. The predicted molar refractivity (Wildman–Crippen MR) is 58.3 cm³/mol. The van der Waals surface area contributed by atoms with Gasteiger partial charge in [-0.15, -0.1) is 0 Å². The van der Waals surface area contributed by atoms with Crippen LogP contribution in [-0.4, -0.2) is 5.71 Å². The number of rotatable bonds is 3. The molecule has 0 saturated heterocycles. The molecule has 0 aliphatic carbocycles. The van der Waals surface area contributed by atoms with E-state index in [-0.39, 0.29) is 0 Å². The van der Waals surface area contributed by atoms with Crippen molar-refractivity contribution in [3.63, 3.8) is 0 Å². The molecule has 0 heterocycles. The molecule has 1 radical (unpaired) electrons. The Bertz CT molecular complexity index is 272. The summed E-state index contributed by atoms with van der Waals surface area (Å²) in [5.41, 5.74) is 2.18. The zero-order chi connectivity index (χ0) is 9.68. The highest BCUT2D eigenvalue weighted by Gasteiger charge is 2.01. The number of benzene rings is 1. The average Bonchev–Trinajstić information content (AvgIpc) is 2.15. The fourth-order valence-corrected chi connectivity index (χ4v) is 1.14. The summed E-state index contributed by atoms with van der Waals surface area (Å²) in [5.74, 6) is 0.484. The van der Waals surface area contributed by atoms with E-state index in [1.54, 1.807) is 0 Å². The van der Waals surface area contributed by atoms with Crippen LogP contribution in [0.1, 0.15) is 20.3 Å². The van der Waals surface area contributed by atoms with Gasteiger partial charge in [-0.1, -0.05) is 32.0 Å². The summed E-state index contributed by atoms with van der Waals surface area (Å²) in [5, 5.41) is 0. The summed E-state index contributed by atoms with van der Waals surface area (Å²) in [7, 11) is 0. The second-order valence-corrected chi connectivity index (χ2v) is 3.34. The van der Waals surface area contributed by atoms with Crippen LogP contribution in [0.25, 0.3) is 0 Å². The molecule has 0 bridgehead atoms. The Morgan fingerprint density at radius 1 is 1.31 bits per heavy atom. The van der Waals surface area contributed by atoms with E-state index in [2.05, 4.69) is 25.8 Å². The van der Waals surface area contributed by atoms with Gasteiger partial charge >= 0.3 is 0 Å². The first kappa shape index (κ1) is 9.97. The lowest BCUT2D eigenvalue weighted by Crippen LogP contribution is -2.04. The maximum absolute atomic E-state index is 4.53. The van der Waals surface area contributed by atoms with Crippen LogP contribution in [0.4, 0.5) is 5.69 Å². The van der Waals surface area contributed by atoms with Crippen molar-refractivity contribution < 1.29 is 0 Å². The Balaban J connectivity index is 2.85. The number of hydrogen-bond acceptors (Lipinski definition) is 1. The van der Waals surface area contributed by atoms with Gasteiger partial charge in [0.1, 0.15) is 0 Å². The molecule has 13 heavy (non-hydrogen) atoms. The second-order valence-electron chi connectivity index (χ2n) is 3.34.